The Labute approximate surface area is 108 Å². The zero-order chi connectivity index (χ0) is 12.3. The van der Waals surface area contributed by atoms with E-state index in [-0.39, 0.29) is 0 Å². The van der Waals surface area contributed by atoms with Crippen LogP contribution in [0.15, 0.2) is 17.5 Å². The fraction of sp³-hybridized carbons (Fsp3) is 0.400. The second-order valence-electron chi connectivity index (χ2n) is 3.80. The molecule has 0 aliphatic carbocycles. The minimum atomic E-state index is 0.363. The normalized spacial score (nSPS) is 12.9. The molecule has 5 nitrogen and oxygen atoms in total. The van der Waals surface area contributed by atoms with Crippen molar-refractivity contribution in [2.24, 2.45) is 5.84 Å². The summed E-state index contributed by atoms with van der Waals surface area (Å²) >= 11 is 3.05. The van der Waals surface area contributed by atoms with Gasteiger partial charge in [-0.15, -0.1) is 16.4 Å². The molecule has 0 aliphatic rings. The predicted molar refractivity (Wildman–Crippen MR) is 71.9 cm³/mol. The lowest BCUT2D eigenvalue weighted by molar-refractivity contribution is 0.254. The van der Waals surface area contributed by atoms with Gasteiger partial charge in [0.15, 0.2) is 0 Å². The lowest BCUT2D eigenvalue weighted by atomic mass is 10.2. The molecular weight excluding hydrogens is 254 g/mol. The van der Waals surface area contributed by atoms with Crippen LogP contribution in [0.4, 0.5) is 5.00 Å². The molecule has 0 saturated heterocycles. The molecule has 0 fully saturated rings. The lowest BCUT2D eigenvalue weighted by Gasteiger charge is -2.22. The molecule has 0 amide bonds. The Bertz CT molecular complexity index is 453. The summed E-state index contributed by atoms with van der Waals surface area (Å²) in [7, 11) is 2.07. The molecule has 0 saturated carbocycles. The molecular formula is C10H15N5S2. The predicted octanol–water partition coefficient (Wildman–Crippen LogP) is 2.08. The fourth-order valence-corrected chi connectivity index (χ4v) is 2.87. The zero-order valence-corrected chi connectivity index (χ0v) is 11.4. The highest BCUT2D eigenvalue weighted by Gasteiger charge is 2.16. The third kappa shape index (κ3) is 2.81. The summed E-state index contributed by atoms with van der Waals surface area (Å²) < 4.78 is 3.89. The van der Waals surface area contributed by atoms with E-state index in [4.69, 9.17) is 5.84 Å². The average molecular weight is 269 g/mol. The number of nitrogens with one attached hydrogen (secondary N) is 1. The molecule has 92 valence electrons. The maximum atomic E-state index is 5.41. The highest BCUT2D eigenvalue weighted by molar-refractivity contribution is 7.10. The molecule has 0 aliphatic heterocycles. The Morgan fingerprint density at radius 3 is 3.06 bits per heavy atom. The van der Waals surface area contributed by atoms with Crippen molar-refractivity contribution < 1.29 is 0 Å². The van der Waals surface area contributed by atoms with Crippen molar-refractivity contribution in [2.75, 3.05) is 12.5 Å². The topological polar surface area (TPSA) is 67.1 Å². The van der Waals surface area contributed by atoms with E-state index < -0.39 is 0 Å². The Morgan fingerprint density at radius 1 is 1.59 bits per heavy atom. The smallest absolute Gasteiger partial charge is 0.148 e. The van der Waals surface area contributed by atoms with Crippen molar-refractivity contribution in [3.05, 3.63) is 28.1 Å². The standard InChI is InChI=1S/C10H15N5S2/c1-7(9-4-3-5-16-9)15(2)6-8-10(12-11)17-14-13-8/h3-5,7,12H,6,11H2,1-2H3. The highest BCUT2D eigenvalue weighted by atomic mass is 32.1. The number of hydrogen-bond donors (Lipinski definition) is 2. The largest absolute Gasteiger partial charge is 0.313 e. The monoisotopic (exact) mass is 269 g/mol. The van der Waals surface area contributed by atoms with E-state index >= 15 is 0 Å². The summed E-state index contributed by atoms with van der Waals surface area (Å²) in [5, 5.41) is 7.00. The number of hydrogen-bond acceptors (Lipinski definition) is 7. The molecule has 7 heteroatoms. The van der Waals surface area contributed by atoms with Gasteiger partial charge in [-0.1, -0.05) is 10.6 Å². The van der Waals surface area contributed by atoms with Crippen molar-refractivity contribution >= 4 is 27.9 Å². The number of thiophene rings is 1. The summed E-state index contributed by atoms with van der Waals surface area (Å²) in [4.78, 5) is 3.57. The van der Waals surface area contributed by atoms with Gasteiger partial charge >= 0.3 is 0 Å². The van der Waals surface area contributed by atoms with E-state index in [0.29, 0.717) is 6.04 Å². The van der Waals surface area contributed by atoms with Gasteiger partial charge in [0.25, 0.3) is 0 Å². The summed E-state index contributed by atoms with van der Waals surface area (Å²) in [6.07, 6.45) is 0. The zero-order valence-electron chi connectivity index (χ0n) is 9.75. The van der Waals surface area contributed by atoms with Crippen LogP contribution in [0.2, 0.25) is 0 Å². The van der Waals surface area contributed by atoms with E-state index in [1.54, 1.807) is 11.3 Å². The van der Waals surface area contributed by atoms with Gasteiger partial charge in [0.05, 0.1) is 0 Å². The van der Waals surface area contributed by atoms with Crippen LogP contribution in [-0.2, 0) is 6.54 Å². The molecule has 3 N–H and O–H groups in total. The van der Waals surface area contributed by atoms with E-state index in [0.717, 1.165) is 17.2 Å². The number of nitrogens with two attached hydrogens (primary N) is 1. The fourth-order valence-electron chi connectivity index (χ4n) is 1.54. The molecule has 1 unspecified atom stereocenters. The first-order valence-electron chi connectivity index (χ1n) is 5.24. The first-order chi connectivity index (χ1) is 8.22. The number of rotatable bonds is 5. The number of aromatic nitrogens is 2. The molecule has 17 heavy (non-hydrogen) atoms. The van der Waals surface area contributed by atoms with Crippen molar-refractivity contribution in [1.82, 2.24) is 14.5 Å². The summed E-state index contributed by atoms with van der Waals surface area (Å²) in [6.45, 7) is 2.91. The number of hydrazine groups is 1. The van der Waals surface area contributed by atoms with Gasteiger partial charge in [-0.05, 0) is 25.4 Å². The van der Waals surface area contributed by atoms with E-state index in [9.17, 15) is 0 Å². The van der Waals surface area contributed by atoms with E-state index in [1.165, 1.54) is 16.4 Å². The average Bonchev–Trinajstić information content (AvgIpc) is 2.98. The van der Waals surface area contributed by atoms with Crippen LogP contribution in [0.5, 0.6) is 0 Å². The first kappa shape index (κ1) is 12.4. The Kier molecular flexibility index (Phi) is 4.06. The van der Waals surface area contributed by atoms with Crippen LogP contribution < -0.4 is 11.3 Å². The minimum absolute atomic E-state index is 0.363. The Morgan fingerprint density at radius 2 is 2.41 bits per heavy atom. The van der Waals surface area contributed by atoms with Gasteiger partial charge in [-0.3, -0.25) is 4.90 Å². The summed E-state index contributed by atoms with van der Waals surface area (Å²) in [5.41, 5.74) is 3.52. The number of nitrogen functional groups attached to an aromatic ring is 1. The highest BCUT2D eigenvalue weighted by Crippen LogP contribution is 2.26. The second kappa shape index (κ2) is 5.54. The van der Waals surface area contributed by atoms with Crippen molar-refractivity contribution in [3.8, 4) is 0 Å². The second-order valence-corrected chi connectivity index (χ2v) is 5.53. The van der Waals surface area contributed by atoms with Gasteiger partial charge < -0.3 is 5.43 Å². The number of anilines is 1. The summed E-state index contributed by atoms with van der Waals surface area (Å²) in [6, 6.07) is 4.58. The van der Waals surface area contributed by atoms with E-state index in [1.807, 2.05) is 0 Å². The van der Waals surface area contributed by atoms with Crippen LogP contribution >= 0.6 is 22.9 Å². The van der Waals surface area contributed by atoms with Crippen LogP contribution in [0.3, 0.4) is 0 Å². The quantitative estimate of drug-likeness (QED) is 0.642. The minimum Gasteiger partial charge on any atom is -0.313 e. The molecule has 2 heterocycles. The molecule has 0 bridgehead atoms. The van der Waals surface area contributed by atoms with Gasteiger partial charge in [0, 0.05) is 29.0 Å². The van der Waals surface area contributed by atoms with Crippen LogP contribution in [0.25, 0.3) is 0 Å². The maximum Gasteiger partial charge on any atom is 0.148 e. The third-order valence-corrected chi connectivity index (χ3v) is 4.44. The van der Waals surface area contributed by atoms with Crippen LogP contribution in [0.1, 0.15) is 23.5 Å². The molecule has 2 aromatic rings. The lowest BCUT2D eigenvalue weighted by Crippen LogP contribution is -2.22. The van der Waals surface area contributed by atoms with Gasteiger partial charge in [-0.25, -0.2) is 5.84 Å². The van der Waals surface area contributed by atoms with Crippen molar-refractivity contribution in [1.29, 1.82) is 0 Å². The van der Waals surface area contributed by atoms with Gasteiger partial charge in [0.2, 0.25) is 0 Å². The van der Waals surface area contributed by atoms with Crippen molar-refractivity contribution in [2.45, 2.75) is 19.5 Å². The number of nitrogens with zero attached hydrogens (tertiary/aromatic N) is 3. The van der Waals surface area contributed by atoms with Crippen LogP contribution in [-0.4, -0.2) is 21.5 Å². The maximum absolute atomic E-state index is 5.41. The molecule has 0 radical (unpaired) electrons. The molecule has 1 atom stereocenters. The molecule has 0 spiro atoms. The van der Waals surface area contributed by atoms with Gasteiger partial charge in [0.1, 0.15) is 10.7 Å². The summed E-state index contributed by atoms with van der Waals surface area (Å²) in [5.74, 6) is 5.41. The molecule has 2 aromatic heterocycles. The Hall–Kier alpha value is -1.02. The molecule has 0 aromatic carbocycles. The van der Waals surface area contributed by atoms with Crippen LogP contribution in [0, 0.1) is 0 Å². The van der Waals surface area contributed by atoms with Gasteiger partial charge in [-0.2, -0.15) is 0 Å². The Balaban J connectivity index is 2.04. The van der Waals surface area contributed by atoms with E-state index in [2.05, 4.69) is 51.4 Å². The molecule has 2 rings (SSSR count). The SMILES string of the molecule is CC(c1cccs1)N(C)Cc1nnsc1NN. The van der Waals surface area contributed by atoms with Crippen molar-refractivity contribution in [3.63, 3.8) is 0 Å². The third-order valence-electron chi connectivity index (χ3n) is 2.70. The first-order valence-corrected chi connectivity index (χ1v) is 6.89.